The Morgan fingerprint density at radius 3 is 2.47 bits per heavy atom. The first-order valence-corrected chi connectivity index (χ1v) is 13.2. The molecule has 0 atom stereocenters. The van der Waals surface area contributed by atoms with Crippen molar-refractivity contribution in [1.29, 1.82) is 0 Å². The molecular weight excluding hydrogens is 410 g/mol. The molecule has 3 aromatic rings. The fraction of sp³-hybridized carbons (Fsp3) is 0.304. The van der Waals surface area contributed by atoms with E-state index in [9.17, 15) is 0 Å². The number of ether oxygens (including phenoxy) is 1. The van der Waals surface area contributed by atoms with E-state index in [0.29, 0.717) is 4.64 Å². The molecule has 5 nitrogen and oxygen atoms in total. The summed E-state index contributed by atoms with van der Waals surface area (Å²) in [6.07, 6.45) is 5.74. The first-order chi connectivity index (χ1) is 14.1. The van der Waals surface area contributed by atoms with Crippen LogP contribution in [0.4, 0.5) is 0 Å². The van der Waals surface area contributed by atoms with Gasteiger partial charge in [0.1, 0.15) is 10.4 Å². The van der Waals surface area contributed by atoms with E-state index in [0.717, 1.165) is 28.6 Å². The predicted octanol–water partition coefficient (Wildman–Crippen LogP) is 6.49. The van der Waals surface area contributed by atoms with Crippen molar-refractivity contribution in [2.24, 2.45) is 0 Å². The van der Waals surface area contributed by atoms with Crippen LogP contribution >= 0.6 is 12.2 Å². The van der Waals surface area contributed by atoms with Gasteiger partial charge in [0.25, 0.3) is 8.32 Å². The second-order valence-electron chi connectivity index (χ2n) is 8.68. The van der Waals surface area contributed by atoms with E-state index in [4.69, 9.17) is 21.4 Å². The Kier molecular flexibility index (Phi) is 6.33. The summed E-state index contributed by atoms with van der Waals surface area (Å²) in [4.78, 5) is 4.33. The van der Waals surface area contributed by atoms with Crippen molar-refractivity contribution < 1.29 is 9.16 Å². The molecule has 0 saturated carbocycles. The second-order valence-corrected chi connectivity index (χ2v) is 13.8. The van der Waals surface area contributed by atoms with E-state index >= 15 is 0 Å². The highest BCUT2D eigenvalue weighted by Gasteiger charge is 2.39. The van der Waals surface area contributed by atoms with Gasteiger partial charge in [-0.25, -0.2) is 9.67 Å². The summed E-state index contributed by atoms with van der Waals surface area (Å²) >= 11 is 5.45. The van der Waals surface area contributed by atoms with Crippen LogP contribution in [0.5, 0.6) is 11.5 Å². The third kappa shape index (κ3) is 4.91. The van der Waals surface area contributed by atoms with Crippen LogP contribution in [0.1, 0.15) is 32.0 Å². The lowest BCUT2D eigenvalue weighted by molar-refractivity contribution is 0.386. The van der Waals surface area contributed by atoms with E-state index in [1.165, 1.54) is 0 Å². The molecule has 0 bridgehead atoms. The van der Waals surface area contributed by atoms with Gasteiger partial charge in [-0.3, -0.25) is 5.10 Å². The number of nitrogens with zero attached hydrogens (tertiary/aromatic N) is 2. The molecule has 0 fully saturated rings. The zero-order valence-corrected chi connectivity index (χ0v) is 20.2. The van der Waals surface area contributed by atoms with Gasteiger partial charge in [0.15, 0.2) is 11.6 Å². The van der Waals surface area contributed by atoms with E-state index in [1.807, 2.05) is 54.6 Å². The summed E-state index contributed by atoms with van der Waals surface area (Å²) in [6, 6.07) is 13.6. The highest BCUT2D eigenvalue weighted by molar-refractivity contribution is 7.71. The molecule has 0 radical (unpaired) electrons. The first kappa shape index (κ1) is 22.1. The molecule has 1 aromatic carbocycles. The van der Waals surface area contributed by atoms with Crippen molar-refractivity contribution in [3.8, 4) is 17.3 Å². The molecular formula is C23H29N3O2SSi. The van der Waals surface area contributed by atoms with Crippen LogP contribution in [0, 0.1) is 4.64 Å². The molecule has 158 valence electrons. The predicted molar refractivity (Wildman–Crippen MR) is 128 cm³/mol. The average molecular weight is 440 g/mol. The average Bonchev–Trinajstić information content (AvgIpc) is 3.07. The molecule has 0 spiro atoms. The highest BCUT2D eigenvalue weighted by atomic mass is 32.1. The van der Waals surface area contributed by atoms with Gasteiger partial charge in [-0.1, -0.05) is 51.2 Å². The number of aromatic amines is 1. The minimum atomic E-state index is -1.94. The van der Waals surface area contributed by atoms with Crippen molar-refractivity contribution in [2.75, 3.05) is 7.11 Å². The molecule has 3 rings (SSSR count). The van der Waals surface area contributed by atoms with Crippen molar-refractivity contribution in [1.82, 2.24) is 14.8 Å². The second kappa shape index (κ2) is 8.61. The minimum absolute atomic E-state index is 0.120. The normalized spacial score (nSPS) is 12.3. The number of benzene rings is 1. The van der Waals surface area contributed by atoms with E-state index in [1.54, 1.807) is 18.0 Å². The monoisotopic (exact) mass is 439 g/mol. The summed E-state index contributed by atoms with van der Waals surface area (Å²) in [7, 11) is -0.269. The Balaban J connectivity index is 1.83. The summed E-state index contributed by atoms with van der Waals surface area (Å²) in [5.41, 5.74) is 1.91. The Bertz CT molecular complexity index is 1100. The number of rotatable bonds is 6. The molecule has 30 heavy (non-hydrogen) atoms. The number of nitrogens with one attached hydrogen (secondary N) is 1. The Morgan fingerprint density at radius 1 is 1.07 bits per heavy atom. The van der Waals surface area contributed by atoms with Crippen LogP contribution in [-0.2, 0) is 0 Å². The molecule has 2 heterocycles. The number of H-pyrrole nitrogens is 1. The Labute approximate surface area is 184 Å². The molecule has 0 amide bonds. The molecule has 7 heteroatoms. The van der Waals surface area contributed by atoms with Gasteiger partial charge < -0.3 is 9.16 Å². The third-order valence-electron chi connectivity index (χ3n) is 5.43. The Hall–Kier alpha value is -2.64. The van der Waals surface area contributed by atoms with E-state index in [-0.39, 0.29) is 5.04 Å². The van der Waals surface area contributed by atoms with Gasteiger partial charge >= 0.3 is 0 Å². The summed E-state index contributed by atoms with van der Waals surface area (Å²) < 4.78 is 14.5. The van der Waals surface area contributed by atoms with Gasteiger partial charge in [-0.2, -0.15) is 0 Å². The molecule has 1 N–H and O–H groups in total. The molecule has 0 aliphatic heterocycles. The van der Waals surface area contributed by atoms with Crippen molar-refractivity contribution >= 4 is 32.7 Å². The summed E-state index contributed by atoms with van der Waals surface area (Å²) in [6.45, 7) is 11.1. The maximum absolute atomic E-state index is 6.43. The minimum Gasteiger partial charge on any atom is -0.541 e. The largest absolute Gasteiger partial charge is 0.541 e. The lowest BCUT2D eigenvalue weighted by Gasteiger charge is -2.36. The number of pyridine rings is 1. The fourth-order valence-electron chi connectivity index (χ4n) is 2.64. The van der Waals surface area contributed by atoms with Gasteiger partial charge in [0.05, 0.1) is 12.8 Å². The molecule has 0 unspecified atom stereocenters. The van der Waals surface area contributed by atoms with Crippen LogP contribution in [0.25, 0.3) is 18.0 Å². The van der Waals surface area contributed by atoms with Crippen LogP contribution in [0.3, 0.4) is 0 Å². The number of aromatic nitrogens is 3. The highest BCUT2D eigenvalue weighted by Crippen LogP contribution is 2.40. The van der Waals surface area contributed by atoms with Crippen LogP contribution < -0.4 is 9.16 Å². The molecule has 0 aliphatic carbocycles. The third-order valence-corrected chi connectivity index (χ3v) is 10.1. The standard InChI is InChI=1S/C23H29N3O2SSi/c1-23(2,3)30(5,6)28-19-13-11-17(15-20(19)27-4)10-12-18-16-22(29)26(25-18)21-9-7-8-14-24-21/h7-16,25H,1-6H3/b12-10+. The number of methoxy groups -OCH3 is 1. The SMILES string of the molecule is COc1cc(/C=C/c2cc(=S)n(-c3ccccn3)[nH]2)ccc1O[Si](C)(C)C(C)(C)C. The molecule has 0 aliphatic rings. The quantitative estimate of drug-likeness (QED) is 0.352. The Morgan fingerprint density at radius 2 is 1.83 bits per heavy atom. The van der Waals surface area contributed by atoms with E-state index in [2.05, 4.69) is 43.9 Å². The van der Waals surface area contributed by atoms with Crippen molar-refractivity contribution in [2.45, 2.75) is 38.9 Å². The maximum atomic E-state index is 6.43. The zero-order valence-electron chi connectivity index (χ0n) is 18.4. The molecule has 2 aromatic heterocycles. The topological polar surface area (TPSA) is 52.1 Å². The fourth-order valence-corrected chi connectivity index (χ4v) is 3.93. The lowest BCUT2D eigenvalue weighted by atomic mass is 10.2. The lowest BCUT2D eigenvalue weighted by Crippen LogP contribution is -2.43. The van der Waals surface area contributed by atoms with Crippen molar-refractivity contribution in [3.63, 3.8) is 0 Å². The zero-order chi connectivity index (χ0) is 21.9. The number of hydrogen-bond donors (Lipinski definition) is 1. The maximum Gasteiger partial charge on any atom is 0.250 e. The first-order valence-electron chi connectivity index (χ1n) is 9.89. The summed E-state index contributed by atoms with van der Waals surface area (Å²) in [5.74, 6) is 2.29. The van der Waals surface area contributed by atoms with Crippen LogP contribution in [0.15, 0.2) is 48.7 Å². The van der Waals surface area contributed by atoms with Gasteiger partial charge in [-0.15, -0.1) is 0 Å². The summed E-state index contributed by atoms with van der Waals surface area (Å²) in [5, 5.41) is 3.39. The van der Waals surface area contributed by atoms with Gasteiger partial charge in [-0.05, 0) is 60.1 Å². The van der Waals surface area contributed by atoms with Gasteiger partial charge in [0, 0.05) is 6.20 Å². The molecule has 0 saturated heterocycles. The van der Waals surface area contributed by atoms with Gasteiger partial charge in [0.2, 0.25) is 0 Å². The van der Waals surface area contributed by atoms with E-state index < -0.39 is 8.32 Å². The van der Waals surface area contributed by atoms with Crippen LogP contribution in [0.2, 0.25) is 18.1 Å². The van der Waals surface area contributed by atoms with Crippen molar-refractivity contribution in [3.05, 3.63) is 64.6 Å². The smallest absolute Gasteiger partial charge is 0.250 e. The van der Waals surface area contributed by atoms with Crippen LogP contribution in [-0.4, -0.2) is 30.2 Å². The number of hydrogen-bond acceptors (Lipinski definition) is 4.